The minimum absolute atomic E-state index is 0. The van der Waals surface area contributed by atoms with Gasteiger partial charge in [-0.05, 0) is 7.05 Å². The number of piperazine rings is 1. The van der Waals surface area contributed by atoms with E-state index in [-0.39, 0.29) is 32.9 Å². The topological polar surface area (TPSA) is 204 Å². The summed E-state index contributed by atoms with van der Waals surface area (Å²) in [5, 5.41) is 3.27. The van der Waals surface area contributed by atoms with Gasteiger partial charge in [-0.25, -0.2) is 0 Å². The van der Waals surface area contributed by atoms with Crippen molar-refractivity contribution in [1.29, 1.82) is 0 Å². The van der Waals surface area contributed by atoms with Gasteiger partial charge < -0.3 is 43.1 Å². The molecule has 0 aromatic rings. The molecule has 1 fully saturated rings. The smallest absolute Gasteiger partial charge is 0.0104 e. The SMILES string of the molecule is CN1CCNCC1.O.O.O.O.O.O. The van der Waals surface area contributed by atoms with E-state index < -0.39 is 0 Å². The van der Waals surface area contributed by atoms with Crippen LogP contribution in [0, 0.1) is 0 Å². The Morgan fingerprint density at radius 1 is 0.769 bits per heavy atom. The molecule has 1 rings (SSSR count). The van der Waals surface area contributed by atoms with Crippen LogP contribution in [0.3, 0.4) is 0 Å². The van der Waals surface area contributed by atoms with E-state index in [1.807, 2.05) is 0 Å². The van der Waals surface area contributed by atoms with E-state index in [2.05, 4.69) is 17.3 Å². The first-order chi connectivity index (χ1) is 3.39. The molecule has 0 aromatic heterocycles. The molecule has 0 amide bonds. The van der Waals surface area contributed by atoms with Crippen molar-refractivity contribution in [3.05, 3.63) is 0 Å². The van der Waals surface area contributed by atoms with Gasteiger partial charge in [0.05, 0.1) is 0 Å². The van der Waals surface area contributed by atoms with Crippen molar-refractivity contribution in [1.82, 2.24) is 10.2 Å². The predicted molar refractivity (Wildman–Crippen MR) is 52.0 cm³/mol. The van der Waals surface area contributed by atoms with Crippen LogP contribution < -0.4 is 5.32 Å². The number of hydrogen-bond donors (Lipinski definition) is 1. The Hall–Kier alpha value is -0.320. The largest absolute Gasteiger partial charge is 0.412 e. The Morgan fingerprint density at radius 2 is 1.08 bits per heavy atom. The van der Waals surface area contributed by atoms with Crippen molar-refractivity contribution < 1.29 is 32.9 Å². The number of rotatable bonds is 0. The molecule has 1 heterocycles. The van der Waals surface area contributed by atoms with Crippen LogP contribution in [0.1, 0.15) is 0 Å². The van der Waals surface area contributed by atoms with Crippen LogP contribution in [-0.4, -0.2) is 71.0 Å². The van der Waals surface area contributed by atoms with Crippen molar-refractivity contribution >= 4 is 0 Å². The Bertz CT molecular complexity index is 61.0. The first-order valence-corrected chi connectivity index (χ1v) is 2.79. The quantitative estimate of drug-likeness (QED) is 0.413. The maximum absolute atomic E-state index is 3.27. The van der Waals surface area contributed by atoms with E-state index in [0.717, 1.165) is 13.1 Å². The van der Waals surface area contributed by atoms with Crippen molar-refractivity contribution in [3.63, 3.8) is 0 Å². The fourth-order valence-corrected chi connectivity index (χ4v) is 0.777. The molecule has 0 spiro atoms. The molecule has 13 heavy (non-hydrogen) atoms. The number of nitrogens with zero attached hydrogens (tertiary/aromatic N) is 1. The minimum atomic E-state index is 0. The lowest BCUT2D eigenvalue weighted by Gasteiger charge is -2.21. The third kappa shape index (κ3) is 18.6. The molecule has 1 aliphatic rings. The lowest BCUT2D eigenvalue weighted by Crippen LogP contribution is -2.40. The fraction of sp³-hybridized carbons (Fsp3) is 1.00. The molecule has 0 saturated carbocycles. The van der Waals surface area contributed by atoms with Crippen LogP contribution in [0.2, 0.25) is 0 Å². The van der Waals surface area contributed by atoms with Gasteiger partial charge in [0.15, 0.2) is 0 Å². The summed E-state index contributed by atoms with van der Waals surface area (Å²) in [7, 11) is 2.15. The summed E-state index contributed by atoms with van der Waals surface area (Å²) in [6, 6.07) is 0. The molecule has 0 atom stereocenters. The van der Waals surface area contributed by atoms with Crippen LogP contribution in [0.4, 0.5) is 0 Å². The summed E-state index contributed by atoms with van der Waals surface area (Å²) in [5.41, 5.74) is 0. The zero-order valence-electron chi connectivity index (χ0n) is 7.78. The Kier molecular flexibility index (Phi) is 67.4. The van der Waals surface area contributed by atoms with Gasteiger partial charge in [0.25, 0.3) is 0 Å². The molecule has 8 nitrogen and oxygen atoms in total. The fourth-order valence-electron chi connectivity index (χ4n) is 0.777. The lowest BCUT2D eigenvalue weighted by molar-refractivity contribution is 0.291. The number of nitrogens with one attached hydrogen (secondary N) is 1. The zero-order chi connectivity index (χ0) is 5.11. The van der Waals surface area contributed by atoms with Gasteiger partial charge in [-0.15, -0.1) is 0 Å². The Balaban J connectivity index is -0.0000000204. The summed E-state index contributed by atoms with van der Waals surface area (Å²) in [5.74, 6) is 0. The molecular weight excluding hydrogens is 184 g/mol. The summed E-state index contributed by atoms with van der Waals surface area (Å²) >= 11 is 0. The second kappa shape index (κ2) is 22.6. The van der Waals surface area contributed by atoms with Gasteiger partial charge in [0.2, 0.25) is 0 Å². The summed E-state index contributed by atoms with van der Waals surface area (Å²) in [4.78, 5) is 2.33. The molecule has 0 bridgehead atoms. The number of likely N-dealkylation sites (N-methyl/N-ethyl adjacent to an activating group) is 1. The molecule has 0 aromatic carbocycles. The first-order valence-electron chi connectivity index (χ1n) is 2.79. The van der Waals surface area contributed by atoms with Gasteiger partial charge in [-0.3, -0.25) is 0 Å². The van der Waals surface area contributed by atoms with Gasteiger partial charge in [-0.2, -0.15) is 0 Å². The molecule has 1 saturated heterocycles. The molecule has 1 aliphatic heterocycles. The lowest BCUT2D eigenvalue weighted by atomic mass is 10.4. The molecule has 8 heteroatoms. The van der Waals surface area contributed by atoms with Gasteiger partial charge in [0, 0.05) is 26.2 Å². The monoisotopic (exact) mass is 208 g/mol. The third-order valence-electron chi connectivity index (χ3n) is 1.34. The average molecular weight is 208 g/mol. The summed E-state index contributed by atoms with van der Waals surface area (Å²) in [6.45, 7) is 4.74. The highest BCUT2D eigenvalue weighted by Crippen LogP contribution is 1.82. The third-order valence-corrected chi connectivity index (χ3v) is 1.34. The van der Waals surface area contributed by atoms with E-state index in [0.29, 0.717) is 0 Å². The first kappa shape index (κ1) is 38.8. The van der Waals surface area contributed by atoms with Gasteiger partial charge >= 0.3 is 0 Å². The van der Waals surface area contributed by atoms with E-state index in [9.17, 15) is 0 Å². The van der Waals surface area contributed by atoms with Crippen LogP contribution >= 0.6 is 0 Å². The van der Waals surface area contributed by atoms with Crippen molar-refractivity contribution in [2.45, 2.75) is 0 Å². The van der Waals surface area contributed by atoms with Gasteiger partial charge in [0.1, 0.15) is 0 Å². The van der Waals surface area contributed by atoms with Crippen LogP contribution in [0.5, 0.6) is 0 Å². The van der Waals surface area contributed by atoms with E-state index >= 15 is 0 Å². The Labute approximate surface area is 77.4 Å². The van der Waals surface area contributed by atoms with Crippen molar-refractivity contribution in [2.24, 2.45) is 0 Å². The maximum Gasteiger partial charge on any atom is 0.0104 e. The standard InChI is InChI=1S/C5H12N2.6H2O/c1-7-4-2-6-3-5-7;;;;;;/h6H,2-5H2,1H3;6*1H2. The zero-order valence-corrected chi connectivity index (χ0v) is 7.78. The van der Waals surface area contributed by atoms with Gasteiger partial charge in [-0.1, -0.05) is 0 Å². The molecule has 90 valence electrons. The van der Waals surface area contributed by atoms with Crippen molar-refractivity contribution in [2.75, 3.05) is 33.2 Å². The number of hydrogen-bond acceptors (Lipinski definition) is 2. The highest BCUT2D eigenvalue weighted by atomic mass is 16.0. The second-order valence-electron chi connectivity index (χ2n) is 2.05. The van der Waals surface area contributed by atoms with Crippen LogP contribution in [-0.2, 0) is 0 Å². The predicted octanol–water partition coefficient (Wildman–Crippen LogP) is -5.43. The van der Waals surface area contributed by atoms with E-state index in [4.69, 9.17) is 0 Å². The van der Waals surface area contributed by atoms with E-state index in [1.54, 1.807) is 0 Å². The molecular formula is C5H24N2O6. The Morgan fingerprint density at radius 3 is 1.23 bits per heavy atom. The van der Waals surface area contributed by atoms with E-state index in [1.165, 1.54) is 13.1 Å². The van der Waals surface area contributed by atoms with Crippen molar-refractivity contribution in [3.8, 4) is 0 Å². The molecule has 0 aliphatic carbocycles. The molecule has 13 N–H and O–H groups in total. The maximum atomic E-state index is 3.27. The summed E-state index contributed by atoms with van der Waals surface area (Å²) in [6.07, 6.45) is 0. The highest BCUT2D eigenvalue weighted by Gasteiger charge is 2.01. The second-order valence-corrected chi connectivity index (χ2v) is 2.05. The summed E-state index contributed by atoms with van der Waals surface area (Å²) < 4.78 is 0. The highest BCUT2D eigenvalue weighted by molar-refractivity contribution is 4.62. The van der Waals surface area contributed by atoms with Crippen LogP contribution in [0.25, 0.3) is 0 Å². The van der Waals surface area contributed by atoms with Crippen LogP contribution in [0.15, 0.2) is 0 Å². The average Bonchev–Trinajstić information content (AvgIpc) is 1.69. The minimum Gasteiger partial charge on any atom is -0.412 e. The molecule has 0 radical (unpaired) electrons. The molecule has 0 unspecified atom stereocenters. The normalized spacial score (nSPS) is 13.6.